The van der Waals surface area contributed by atoms with E-state index >= 15 is 0 Å². The molecule has 0 bridgehead atoms. The number of hydrogen-bond acceptors (Lipinski definition) is 6. The minimum atomic E-state index is -0.238. The van der Waals surface area contributed by atoms with Gasteiger partial charge in [-0.05, 0) is 31.0 Å². The summed E-state index contributed by atoms with van der Waals surface area (Å²) >= 11 is 2.86. The Morgan fingerprint density at radius 2 is 1.85 bits per heavy atom. The number of amides is 1. The quantitative estimate of drug-likeness (QED) is 0.592. The number of benzene rings is 2. The van der Waals surface area contributed by atoms with Gasteiger partial charge in [0.15, 0.2) is 4.34 Å². The molecule has 7 heteroatoms. The van der Waals surface area contributed by atoms with E-state index in [4.69, 9.17) is 0 Å². The number of nitrogens with one attached hydrogen (secondary N) is 2. The highest BCUT2D eigenvalue weighted by atomic mass is 32.2. The smallest absolute Gasteiger partial charge is 0.233 e. The van der Waals surface area contributed by atoms with Gasteiger partial charge in [-0.15, -0.1) is 10.2 Å². The maximum absolute atomic E-state index is 12.3. The van der Waals surface area contributed by atoms with Crippen LogP contribution in [0.5, 0.6) is 0 Å². The topological polar surface area (TPSA) is 66.9 Å². The van der Waals surface area contributed by atoms with Crippen molar-refractivity contribution in [2.45, 2.75) is 30.0 Å². The Hall–Kier alpha value is -2.38. The lowest BCUT2D eigenvalue weighted by atomic mass is 10.2. The average Bonchev–Trinajstić information content (AvgIpc) is 3.09. The molecular weight excluding hydrogens is 364 g/mol. The van der Waals surface area contributed by atoms with Crippen molar-refractivity contribution in [3.05, 3.63) is 65.7 Å². The van der Waals surface area contributed by atoms with E-state index in [0.29, 0.717) is 6.54 Å². The van der Waals surface area contributed by atoms with Crippen molar-refractivity contribution >= 4 is 39.8 Å². The van der Waals surface area contributed by atoms with Crippen LogP contribution in [0.3, 0.4) is 0 Å². The molecule has 3 rings (SSSR count). The van der Waals surface area contributed by atoms with Gasteiger partial charge in [0, 0.05) is 12.2 Å². The van der Waals surface area contributed by atoms with Crippen LogP contribution in [0.4, 0.5) is 10.8 Å². The van der Waals surface area contributed by atoms with Gasteiger partial charge >= 0.3 is 0 Å². The van der Waals surface area contributed by atoms with Gasteiger partial charge in [-0.3, -0.25) is 4.79 Å². The number of aryl methyl sites for hydroxylation is 1. The molecule has 1 atom stereocenters. The van der Waals surface area contributed by atoms with Gasteiger partial charge in [0.25, 0.3) is 0 Å². The van der Waals surface area contributed by atoms with Crippen molar-refractivity contribution in [2.75, 3.05) is 5.32 Å². The molecule has 0 saturated carbocycles. The molecule has 0 aliphatic carbocycles. The predicted octanol–water partition coefficient (Wildman–Crippen LogP) is 4.39. The number of carbonyl (C=O) groups is 1. The Labute approximate surface area is 161 Å². The summed E-state index contributed by atoms with van der Waals surface area (Å²) in [5.41, 5.74) is 3.23. The SMILES string of the molecule is Cc1ccccc1Nc1nnc(S[C@H](C)C(=O)NCc2ccccc2)s1. The Kier molecular flexibility index (Phi) is 6.25. The maximum Gasteiger partial charge on any atom is 0.233 e. The van der Waals surface area contributed by atoms with Gasteiger partial charge in [-0.2, -0.15) is 0 Å². The van der Waals surface area contributed by atoms with Gasteiger partial charge in [0.1, 0.15) is 0 Å². The summed E-state index contributed by atoms with van der Waals surface area (Å²) in [6.45, 7) is 4.44. The highest BCUT2D eigenvalue weighted by molar-refractivity contribution is 8.02. The highest BCUT2D eigenvalue weighted by Gasteiger charge is 2.17. The first-order valence-corrected chi connectivity index (χ1v) is 9.96. The standard InChI is InChI=1S/C19H20N4OS2/c1-13-8-6-7-11-16(13)21-18-22-23-19(26-18)25-14(2)17(24)20-12-15-9-4-3-5-10-15/h3-11,14H,12H2,1-2H3,(H,20,24)(H,21,22)/t14-/m1/s1. The molecule has 2 N–H and O–H groups in total. The van der Waals surface area contributed by atoms with Crippen molar-refractivity contribution in [1.82, 2.24) is 15.5 Å². The maximum atomic E-state index is 12.3. The van der Waals surface area contributed by atoms with Gasteiger partial charge in [-0.1, -0.05) is 71.6 Å². The van der Waals surface area contributed by atoms with Crippen molar-refractivity contribution < 1.29 is 4.79 Å². The van der Waals surface area contributed by atoms with E-state index in [0.717, 1.165) is 26.3 Å². The Morgan fingerprint density at radius 3 is 2.62 bits per heavy atom. The molecule has 5 nitrogen and oxygen atoms in total. The number of para-hydroxylation sites is 1. The summed E-state index contributed by atoms with van der Waals surface area (Å²) in [7, 11) is 0. The first-order chi connectivity index (χ1) is 12.6. The fourth-order valence-electron chi connectivity index (χ4n) is 2.27. The molecule has 1 amide bonds. The lowest BCUT2D eigenvalue weighted by molar-refractivity contribution is -0.120. The molecule has 2 aromatic carbocycles. The van der Waals surface area contributed by atoms with Crippen molar-refractivity contribution in [3.63, 3.8) is 0 Å². The van der Waals surface area contributed by atoms with Crippen LogP contribution in [0, 0.1) is 6.92 Å². The van der Waals surface area contributed by atoms with Gasteiger partial charge < -0.3 is 10.6 Å². The van der Waals surface area contributed by atoms with E-state index in [1.54, 1.807) is 0 Å². The largest absolute Gasteiger partial charge is 0.351 e. The van der Waals surface area contributed by atoms with Gasteiger partial charge in [-0.25, -0.2) is 0 Å². The number of rotatable bonds is 7. The number of carbonyl (C=O) groups excluding carboxylic acids is 1. The van der Waals surface area contributed by atoms with Crippen molar-refractivity contribution in [3.8, 4) is 0 Å². The summed E-state index contributed by atoms with van der Waals surface area (Å²) in [5, 5.41) is 15.0. The molecule has 0 aliphatic heterocycles. The highest BCUT2D eigenvalue weighted by Crippen LogP contribution is 2.31. The zero-order valence-corrected chi connectivity index (χ0v) is 16.2. The van der Waals surface area contributed by atoms with E-state index < -0.39 is 0 Å². The van der Waals surface area contributed by atoms with Crippen LogP contribution in [0.25, 0.3) is 0 Å². The fraction of sp³-hybridized carbons (Fsp3) is 0.211. The second kappa shape index (κ2) is 8.82. The predicted molar refractivity (Wildman–Crippen MR) is 108 cm³/mol. The molecule has 0 saturated heterocycles. The number of anilines is 2. The zero-order chi connectivity index (χ0) is 18.4. The molecule has 26 heavy (non-hydrogen) atoms. The minimum Gasteiger partial charge on any atom is -0.351 e. The molecule has 0 unspecified atom stereocenters. The summed E-state index contributed by atoms with van der Waals surface area (Å²) in [5.74, 6) is -0.0116. The first kappa shape index (κ1) is 18.4. The van der Waals surface area contributed by atoms with Crippen LogP contribution in [0.2, 0.25) is 0 Å². The minimum absolute atomic E-state index is 0.0116. The Bertz CT molecular complexity index is 867. The lowest BCUT2D eigenvalue weighted by Crippen LogP contribution is -2.30. The van der Waals surface area contributed by atoms with Crippen LogP contribution < -0.4 is 10.6 Å². The average molecular weight is 385 g/mol. The van der Waals surface area contributed by atoms with E-state index in [-0.39, 0.29) is 11.2 Å². The lowest BCUT2D eigenvalue weighted by Gasteiger charge is -2.10. The second-order valence-corrected chi connectivity index (χ2v) is 8.34. The van der Waals surface area contributed by atoms with Crippen LogP contribution in [0.15, 0.2) is 58.9 Å². The van der Waals surface area contributed by atoms with Gasteiger partial charge in [0.2, 0.25) is 11.0 Å². The van der Waals surface area contributed by atoms with Gasteiger partial charge in [0.05, 0.1) is 5.25 Å². The third kappa shape index (κ3) is 5.06. The van der Waals surface area contributed by atoms with Crippen molar-refractivity contribution in [2.24, 2.45) is 0 Å². The molecule has 0 radical (unpaired) electrons. The Balaban J connectivity index is 1.53. The van der Waals surface area contributed by atoms with Crippen LogP contribution in [-0.4, -0.2) is 21.4 Å². The summed E-state index contributed by atoms with van der Waals surface area (Å²) < 4.78 is 0.767. The number of hydrogen-bond donors (Lipinski definition) is 2. The summed E-state index contributed by atoms with van der Waals surface area (Å²) in [4.78, 5) is 12.3. The molecule has 0 aliphatic rings. The molecular formula is C19H20N4OS2. The second-order valence-electron chi connectivity index (χ2n) is 5.78. The molecule has 1 heterocycles. The summed E-state index contributed by atoms with van der Waals surface area (Å²) in [6.07, 6.45) is 0. The third-order valence-electron chi connectivity index (χ3n) is 3.75. The van der Waals surface area contributed by atoms with E-state index in [1.807, 2.05) is 68.4 Å². The fourth-order valence-corrected chi connectivity index (χ4v) is 4.20. The van der Waals surface area contributed by atoms with E-state index in [2.05, 4.69) is 20.8 Å². The number of nitrogens with zero attached hydrogens (tertiary/aromatic N) is 2. The third-order valence-corrected chi connectivity index (χ3v) is 5.77. The van der Waals surface area contributed by atoms with Crippen molar-refractivity contribution in [1.29, 1.82) is 0 Å². The monoisotopic (exact) mass is 384 g/mol. The normalized spacial score (nSPS) is 11.8. The number of thioether (sulfide) groups is 1. The van der Waals surface area contributed by atoms with Crippen LogP contribution in [0.1, 0.15) is 18.1 Å². The number of aromatic nitrogens is 2. The van der Waals surface area contributed by atoms with Crippen LogP contribution >= 0.6 is 23.1 Å². The molecule has 0 fully saturated rings. The Morgan fingerprint density at radius 1 is 1.12 bits per heavy atom. The van der Waals surface area contributed by atoms with Crippen LogP contribution in [-0.2, 0) is 11.3 Å². The zero-order valence-electron chi connectivity index (χ0n) is 14.6. The molecule has 1 aromatic heterocycles. The molecule has 134 valence electrons. The van der Waals surface area contributed by atoms with E-state index in [1.165, 1.54) is 23.1 Å². The molecule has 3 aromatic rings. The summed E-state index contributed by atoms with van der Waals surface area (Å²) in [6, 6.07) is 17.9. The molecule has 0 spiro atoms. The first-order valence-electron chi connectivity index (χ1n) is 8.26. The van der Waals surface area contributed by atoms with E-state index in [9.17, 15) is 4.79 Å².